The molecule has 3 aromatic heterocycles. The van der Waals surface area contributed by atoms with Crippen molar-refractivity contribution in [2.45, 2.75) is 13.5 Å². The highest BCUT2D eigenvalue weighted by Crippen LogP contribution is 2.10. The van der Waals surface area contributed by atoms with E-state index in [0.717, 1.165) is 10.6 Å². The Morgan fingerprint density at radius 1 is 1.35 bits per heavy atom. The van der Waals surface area contributed by atoms with Crippen LogP contribution >= 0.6 is 11.3 Å². The maximum absolute atomic E-state index is 12.1. The average Bonchev–Trinajstić information content (AvgIpc) is 3.04. The van der Waals surface area contributed by atoms with E-state index in [1.807, 2.05) is 36.6 Å². The van der Waals surface area contributed by atoms with Gasteiger partial charge < -0.3 is 4.74 Å². The predicted molar refractivity (Wildman–Crippen MR) is 89.3 cm³/mol. The number of thiophene rings is 1. The molecule has 0 radical (unpaired) electrons. The first-order chi connectivity index (χ1) is 11.1. The van der Waals surface area contributed by atoms with Crippen LogP contribution in [0.5, 0.6) is 0 Å². The molecule has 0 saturated heterocycles. The number of ether oxygens (including phenoxy) is 1. The van der Waals surface area contributed by atoms with Crippen LogP contribution in [0.2, 0.25) is 0 Å². The molecule has 3 rings (SSSR count). The number of nitrogens with zero attached hydrogens (tertiary/aromatic N) is 2. The number of aryl methyl sites for hydroxylation is 1. The number of esters is 1. The maximum Gasteiger partial charge on any atom is 0.331 e. The number of hydrogen-bond donors (Lipinski definition) is 0. The van der Waals surface area contributed by atoms with Gasteiger partial charge in [0.05, 0.1) is 5.69 Å². The lowest BCUT2D eigenvalue weighted by molar-refractivity contribution is -0.139. The summed E-state index contributed by atoms with van der Waals surface area (Å²) in [5.41, 5.74) is 1.59. The van der Waals surface area contributed by atoms with Gasteiger partial charge in [-0.2, -0.15) is 0 Å². The van der Waals surface area contributed by atoms with Gasteiger partial charge in [0.2, 0.25) is 0 Å². The van der Waals surface area contributed by atoms with E-state index in [-0.39, 0.29) is 12.2 Å². The highest BCUT2D eigenvalue weighted by molar-refractivity contribution is 7.10. The number of rotatable bonds is 4. The van der Waals surface area contributed by atoms with Crippen LogP contribution < -0.4 is 5.56 Å². The summed E-state index contributed by atoms with van der Waals surface area (Å²) >= 11 is 1.53. The molecule has 0 bridgehead atoms. The Bertz CT molecular complexity index is 927. The van der Waals surface area contributed by atoms with Gasteiger partial charge in [-0.25, -0.2) is 9.78 Å². The molecule has 0 saturated carbocycles. The monoisotopic (exact) mass is 326 g/mol. The van der Waals surface area contributed by atoms with Crippen LogP contribution in [0.15, 0.2) is 52.6 Å². The molecule has 0 fully saturated rings. The highest BCUT2D eigenvalue weighted by atomic mass is 32.1. The molecular formula is C17H14N2O3S. The normalized spacial score (nSPS) is 11.2. The Kier molecular flexibility index (Phi) is 4.34. The first kappa shape index (κ1) is 15.2. The molecule has 3 aromatic rings. The Labute approximate surface area is 136 Å². The fraction of sp³-hybridized carbons (Fsp3) is 0.118. The van der Waals surface area contributed by atoms with Crippen LogP contribution in [-0.4, -0.2) is 15.4 Å². The maximum atomic E-state index is 12.1. The lowest BCUT2D eigenvalue weighted by Crippen LogP contribution is -2.18. The summed E-state index contributed by atoms with van der Waals surface area (Å²) in [6.07, 6.45) is 3.06. The lowest BCUT2D eigenvalue weighted by Gasteiger charge is -2.06. The van der Waals surface area contributed by atoms with Crippen molar-refractivity contribution in [3.63, 3.8) is 0 Å². The second-order valence-corrected chi connectivity index (χ2v) is 5.88. The molecule has 0 unspecified atom stereocenters. The van der Waals surface area contributed by atoms with Crippen molar-refractivity contribution in [1.82, 2.24) is 9.38 Å². The molecular weight excluding hydrogens is 312 g/mol. The van der Waals surface area contributed by atoms with Gasteiger partial charge in [0.1, 0.15) is 12.3 Å². The van der Waals surface area contributed by atoms with E-state index >= 15 is 0 Å². The quantitative estimate of drug-likeness (QED) is 0.546. The Hall–Kier alpha value is -2.73. The molecule has 0 amide bonds. The molecule has 116 valence electrons. The molecule has 23 heavy (non-hydrogen) atoms. The molecule has 3 heterocycles. The zero-order chi connectivity index (χ0) is 16.2. The third-order valence-electron chi connectivity index (χ3n) is 3.22. The van der Waals surface area contributed by atoms with Crippen LogP contribution in [0.3, 0.4) is 0 Å². The predicted octanol–water partition coefficient (Wildman–Crippen LogP) is 2.82. The van der Waals surface area contributed by atoms with E-state index in [2.05, 4.69) is 4.98 Å². The minimum absolute atomic E-state index is 0.0344. The molecule has 0 N–H and O–H groups in total. The van der Waals surface area contributed by atoms with Crippen molar-refractivity contribution in [3.8, 4) is 0 Å². The zero-order valence-electron chi connectivity index (χ0n) is 12.4. The third-order valence-corrected chi connectivity index (χ3v) is 4.06. The molecule has 0 aromatic carbocycles. The van der Waals surface area contributed by atoms with Gasteiger partial charge >= 0.3 is 5.97 Å². The molecule has 0 aliphatic rings. The van der Waals surface area contributed by atoms with Gasteiger partial charge in [0, 0.05) is 22.7 Å². The Balaban J connectivity index is 1.72. The van der Waals surface area contributed by atoms with Gasteiger partial charge in [-0.15, -0.1) is 11.3 Å². The molecule has 0 spiro atoms. The first-order valence-corrected chi connectivity index (χ1v) is 7.88. The van der Waals surface area contributed by atoms with Crippen LogP contribution in [0, 0.1) is 6.92 Å². The van der Waals surface area contributed by atoms with E-state index in [0.29, 0.717) is 11.3 Å². The minimum Gasteiger partial charge on any atom is -0.456 e. The Morgan fingerprint density at radius 2 is 2.22 bits per heavy atom. The topological polar surface area (TPSA) is 60.7 Å². The van der Waals surface area contributed by atoms with Crippen LogP contribution in [0.4, 0.5) is 0 Å². The second-order valence-electron chi connectivity index (χ2n) is 4.90. The van der Waals surface area contributed by atoms with Gasteiger partial charge in [0.15, 0.2) is 0 Å². The lowest BCUT2D eigenvalue weighted by atomic mass is 10.3. The number of carbonyl (C=O) groups excluding carboxylic acids is 1. The average molecular weight is 326 g/mol. The van der Waals surface area contributed by atoms with E-state index in [1.54, 1.807) is 12.1 Å². The van der Waals surface area contributed by atoms with Crippen molar-refractivity contribution >= 4 is 29.0 Å². The molecule has 0 aliphatic carbocycles. The van der Waals surface area contributed by atoms with Crippen LogP contribution in [-0.2, 0) is 16.1 Å². The number of fused-ring (bicyclic) bond motifs is 1. The molecule has 5 nitrogen and oxygen atoms in total. The van der Waals surface area contributed by atoms with Crippen molar-refractivity contribution in [3.05, 3.63) is 74.5 Å². The number of hydrogen-bond acceptors (Lipinski definition) is 5. The summed E-state index contributed by atoms with van der Waals surface area (Å²) in [6, 6.07) is 10.6. The smallest absolute Gasteiger partial charge is 0.331 e. The fourth-order valence-corrected chi connectivity index (χ4v) is 2.79. The van der Waals surface area contributed by atoms with Gasteiger partial charge in [-0.05, 0) is 36.6 Å². The van der Waals surface area contributed by atoms with Gasteiger partial charge in [0.25, 0.3) is 5.56 Å². The van der Waals surface area contributed by atoms with Crippen molar-refractivity contribution in [1.29, 1.82) is 0 Å². The summed E-state index contributed by atoms with van der Waals surface area (Å²) in [5.74, 6) is -0.468. The summed E-state index contributed by atoms with van der Waals surface area (Å²) in [5, 5.41) is 1.93. The first-order valence-electron chi connectivity index (χ1n) is 7.00. The zero-order valence-corrected chi connectivity index (χ0v) is 13.2. The van der Waals surface area contributed by atoms with E-state index in [4.69, 9.17) is 4.74 Å². The van der Waals surface area contributed by atoms with Crippen molar-refractivity contribution in [2.75, 3.05) is 0 Å². The van der Waals surface area contributed by atoms with E-state index in [9.17, 15) is 9.59 Å². The van der Waals surface area contributed by atoms with Crippen LogP contribution in [0.1, 0.15) is 16.3 Å². The van der Waals surface area contributed by atoms with E-state index < -0.39 is 5.97 Å². The number of carbonyl (C=O) groups is 1. The SMILES string of the molecule is Cc1cccc2nc(COC(=O)/C=C/c3cccs3)cc(=O)n12. The third kappa shape index (κ3) is 3.54. The summed E-state index contributed by atoms with van der Waals surface area (Å²) in [7, 11) is 0. The van der Waals surface area contributed by atoms with Crippen molar-refractivity contribution < 1.29 is 9.53 Å². The molecule has 0 atom stereocenters. The largest absolute Gasteiger partial charge is 0.456 e. The fourth-order valence-electron chi connectivity index (χ4n) is 2.17. The van der Waals surface area contributed by atoms with Crippen molar-refractivity contribution in [2.24, 2.45) is 0 Å². The summed E-state index contributed by atoms with van der Waals surface area (Å²) < 4.78 is 6.64. The van der Waals surface area contributed by atoms with Gasteiger partial charge in [-0.1, -0.05) is 12.1 Å². The summed E-state index contributed by atoms with van der Waals surface area (Å²) in [4.78, 5) is 29.1. The van der Waals surface area contributed by atoms with E-state index in [1.165, 1.54) is 27.9 Å². The molecule has 6 heteroatoms. The number of aromatic nitrogens is 2. The van der Waals surface area contributed by atoms with Gasteiger partial charge in [-0.3, -0.25) is 9.20 Å². The van der Waals surface area contributed by atoms with Crippen LogP contribution in [0.25, 0.3) is 11.7 Å². The second kappa shape index (κ2) is 6.58. The minimum atomic E-state index is -0.468. The summed E-state index contributed by atoms with van der Waals surface area (Å²) in [6.45, 7) is 1.80. The standard InChI is InChI=1S/C17H14N2O3S/c1-12-4-2-6-15-18-13(10-16(20)19(12)15)11-22-17(21)8-7-14-5-3-9-23-14/h2-10H,11H2,1H3/b8-7+. The Morgan fingerprint density at radius 3 is 3.00 bits per heavy atom. The highest BCUT2D eigenvalue weighted by Gasteiger charge is 2.06. The number of pyridine rings is 1. The molecule has 0 aliphatic heterocycles.